The van der Waals surface area contributed by atoms with Crippen LogP contribution < -0.4 is 18.9 Å². The number of fused-ring (bicyclic) bond motifs is 6. The highest BCUT2D eigenvalue weighted by Gasteiger charge is 2.77. The van der Waals surface area contributed by atoms with Crippen LogP contribution in [0.3, 0.4) is 0 Å². The topological polar surface area (TPSA) is 109 Å². The minimum Gasteiger partial charge on any atom is -0.492 e. The molecular formula is C37H40O11. The Morgan fingerprint density at radius 2 is 1.25 bits per heavy atom. The van der Waals surface area contributed by atoms with E-state index in [2.05, 4.69) is 0 Å². The molecule has 3 heterocycles. The van der Waals surface area contributed by atoms with Crippen molar-refractivity contribution in [3.8, 4) is 23.0 Å². The fourth-order valence-electron chi connectivity index (χ4n) is 7.94. The second-order valence-electron chi connectivity index (χ2n) is 12.0. The number of methoxy groups -OCH3 is 7. The summed E-state index contributed by atoms with van der Waals surface area (Å²) in [5.74, 6) is -0.910. The Hall–Kier alpha value is -4.13. The predicted octanol–water partition coefficient (Wildman–Crippen LogP) is 5.52. The van der Waals surface area contributed by atoms with Crippen molar-refractivity contribution < 1.29 is 52.2 Å². The molecule has 3 aliphatic heterocycles. The van der Waals surface area contributed by atoms with Crippen LogP contribution in [0.4, 0.5) is 0 Å². The van der Waals surface area contributed by atoms with Crippen molar-refractivity contribution in [2.24, 2.45) is 0 Å². The molecular weight excluding hydrogens is 620 g/mol. The summed E-state index contributed by atoms with van der Waals surface area (Å²) in [5.41, 5.74) is 1.33. The number of benzene rings is 3. The first-order valence-electron chi connectivity index (χ1n) is 15.8. The Kier molecular flexibility index (Phi) is 8.37. The van der Waals surface area contributed by atoms with E-state index < -0.39 is 41.6 Å². The van der Waals surface area contributed by atoms with Gasteiger partial charge in [-0.25, -0.2) is 0 Å². The van der Waals surface area contributed by atoms with E-state index in [0.717, 1.165) is 11.1 Å². The summed E-state index contributed by atoms with van der Waals surface area (Å²) in [5, 5.41) is 0. The summed E-state index contributed by atoms with van der Waals surface area (Å²) in [4.78, 5) is 14.5. The Morgan fingerprint density at radius 1 is 0.667 bits per heavy atom. The first-order chi connectivity index (χ1) is 23.4. The van der Waals surface area contributed by atoms with Gasteiger partial charge in [-0.15, -0.1) is 0 Å². The van der Waals surface area contributed by atoms with Crippen molar-refractivity contribution in [3.05, 3.63) is 94.2 Å². The maximum Gasteiger partial charge on any atom is 0.285 e. The molecule has 0 saturated carbocycles. The van der Waals surface area contributed by atoms with Crippen LogP contribution in [0.25, 0.3) is 0 Å². The highest BCUT2D eigenvalue weighted by Crippen LogP contribution is 2.69. The number of carbonyl (C=O) groups excluding carboxylic acids is 1. The smallest absolute Gasteiger partial charge is 0.285 e. The van der Waals surface area contributed by atoms with Crippen LogP contribution in [0.15, 0.2) is 72.0 Å². The third-order valence-corrected chi connectivity index (χ3v) is 10.1. The van der Waals surface area contributed by atoms with Gasteiger partial charge in [0, 0.05) is 48.4 Å². The Morgan fingerprint density at radius 3 is 1.77 bits per heavy atom. The van der Waals surface area contributed by atoms with Crippen LogP contribution in [0, 0.1) is 0 Å². The monoisotopic (exact) mass is 660 g/mol. The van der Waals surface area contributed by atoms with E-state index in [0.29, 0.717) is 41.2 Å². The zero-order valence-electron chi connectivity index (χ0n) is 28.1. The molecule has 4 aliphatic rings. The van der Waals surface area contributed by atoms with Crippen LogP contribution in [-0.4, -0.2) is 73.5 Å². The van der Waals surface area contributed by atoms with Crippen molar-refractivity contribution in [3.63, 3.8) is 0 Å². The Bertz CT molecular complexity index is 1720. The van der Waals surface area contributed by atoms with Gasteiger partial charge in [0.1, 0.15) is 18.0 Å². The van der Waals surface area contributed by atoms with Gasteiger partial charge in [-0.3, -0.25) is 4.79 Å². The van der Waals surface area contributed by atoms with Crippen LogP contribution in [0.1, 0.15) is 53.4 Å². The van der Waals surface area contributed by atoms with Gasteiger partial charge in [-0.1, -0.05) is 60.7 Å². The average molecular weight is 661 g/mol. The van der Waals surface area contributed by atoms with Gasteiger partial charge in [0.25, 0.3) is 5.79 Å². The molecule has 0 saturated heterocycles. The minimum atomic E-state index is -1.92. The van der Waals surface area contributed by atoms with E-state index >= 15 is 0 Å². The predicted molar refractivity (Wildman–Crippen MR) is 171 cm³/mol. The molecule has 0 spiro atoms. The summed E-state index contributed by atoms with van der Waals surface area (Å²) < 4.78 is 63.8. The van der Waals surface area contributed by atoms with E-state index in [1.165, 1.54) is 35.5 Å². The SMILES string of the molecule is COc1c2c(c3c(c1OC)[C@@]1(OC)C4=C(C(=O)[C@H](OC)[C@@]1(OC)O3)[C@H](OC)C[C@@H](c1ccccc1)O4)[C@H](OC)C[C@@H](c1ccccc1)O2. The molecule has 1 aliphatic carbocycles. The number of hydrogen-bond donors (Lipinski definition) is 0. The molecule has 0 unspecified atom stereocenters. The molecule has 254 valence electrons. The third kappa shape index (κ3) is 4.28. The van der Waals surface area contributed by atoms with Crippen molar-refractivity contribution in [2.45, 2.75) is 54.7 Å². The van der Waals surface area contributed by atoms with Crippen molar-refractivity contribution in [1.29, 1.82) is 0 Å². The molecule has 0 N–H and O–H groups in total. The fraction of sp³-hybridized carbons (Fsp3) is 0.432. The lowest BCUT2D eigenvalue weighted by molar-refractivity contribution is -0.310. The zero-order chi connectivity index (χ0) is 33.8. The third-order valence-electron chi connectivity index (χ3n) is 10.1. The lowest BCUT2D eigenvalue weighted by atomic mass is 9.70. The second kappa shape index (κ2) is 12.4. The number of hydrogen-bond acceptors (Lipinski definition) is 11. The fourth-order valence-corrected chi connectivity index (χ4v) is 7.94. The van der Waals surface area contributed by atoms with E-state index in [9.17, 15) is 4.79 Å². The van der Waals surface area contributed by atoms with Crippen molar-refractivity contribution >= 4 is 5.78 Å². The first-order valence-corrected chi connectivity index (χ1v) is 15.8. The molecule has 0 fully saturated rings. The number of ketones is 1. The number of rotatable bonds is 9. The van der Waals surface area contributed by atoms with E-state index in [1.54, 1.807) is 14.2 Å². The quantitative estimate of drug-likeness (QED) is 0.290. The molecule has 3 aromatic carbocycles. The summed E-state index contributed by atoms with van der Waals surface area (Å²) >= 11 is 0. The molecule has 0 bridgehead atoms. The number of ether oxygens (including phenoxy) is 10. The molecule has 7 rings (SSSR count). The summed E-state index contributed by atoms with van der Waals surface area (Å²) in [6.45, 7) is 0. The van der Waals surface area contributed by atoms with Gasteiger partial charge >= 0.3 is 0 Å². The van der Waals surface area contributed by atoms with Crippen molar-refractivity contribution in [1.82, 2.24) is 0 Å². The molecule has 0 aromatic heterocycles. The lowest BCUT2D eigenvalue weighted by Gasteiger charge is -2.51. The second-order valence-corrected chi connectivity index (χ2v) is 12.0. The molecule has 0 amide bonds. The highest BCUT2D eigenvalue weighted by atomic mass is 16.8. The van der Waals surface area contributed by atoms with Crippen molar-refractivity contribution in [2.75, 3.05) is 49.8 Å². The van der Waals surface area contributed by atoms with E-state index in [-0.39, 0.29) is 23.2 Å². The molecule has 7 atom stereocenters. The Labute approximate surface area is 279 Å². The Balaban J connectivity index is 1.54. The molecule has 11 nitrogen and oxygen atoms in total. The average Bonchev–Trinajstić information content (AvgIpc) is 3.46. The normalized spacial score (nSPS) is 30.2. The van der Waals surface area contributed by atoms with Gasteiger partial charge in [-0.05, 0) is 11.1 Å². The largest absolute Gasteiger partial charge is 0.492 e. The van der Waals surface area contributed by atoms with Gasteiger partial charge in [0.05, 0.1) is 43.1 Å². The molecule has 48 heavy (non-hydrogen) atoms. The van der Waals surface area contributed by atoms with Crippen LogP contribution in [0.5, 0.6) is 23.0 Å². The van der Waals surface area contributed by atoms with Gasteiger partial charge in [0.15, 0.2) is 23.4 Å². The van der Waals surface area contributed by atoms with E-state index in [1.807, 2.05) is 60.7 Å². The standard InChI is InChI=1S/C37H40O11/c1-39-24-19-23(21-16-12-9-13-17-21)47-34-26(24)29(38)35(43-5)37(45-7)36(34,44-6)28-30(48-37)27-25(40-2)18-22(20-14-10-8-11-15-20)46-31(27)33(42-4)32(28)41-3/h8-17,22-25,35H,18-19H2,1-7H3/t22-,23-,24+,25+,35-,36+,37+/m0/s1. The zero-order valence-corrected chi connectivity index (χ0v) is 28.1. The maximum absolute atomic E-state index is 14.5. The summed E-state index contributed by atoms with van der Waals surface area (Å²) in [6.07, 6.45) is -2.54. The van der Waals surface area contributed by atoms with Crippen LogP contribution in [0.2, 0.25) is 0 Å². The van der Waals surface area contributed by atoms with Crippen LogP contribution >= 0.6 is 0 Å². The van der Waals surface area contributed by atoms with Gasteiger partial charge < -0.3 is 47.4 Å². The maximum atomic E-state index is 14.5. The first kappa shape index (κ1) is 32.4. The molecule has 0 radical (unpaired) electrons. The summed E-state index contributed by atoms with van der Waals surface area (Å²) in [7, 11) is 10.6. The van der Waals surface area contributed by atoms with E-state index in [4.69, 9.17) is 47.4 Å². The minimum absolute atomic E-state index is 0.184. The lowest BCUT2D eigenvalue weighted by Crippen LogP contribution is -2.69. The number of carbonyl (C=O) groups is 1. The number of Topliss-reactive ketones (excluding diaryl/α,β-unsaturated/α-hetero) is 1. The molecule has 11 heteroatoms. The summed E-state index contributed by atoms with van der Waals surface area (Å²) in [6, 6.07) is 19.6. The van der Waals surface area contributed by atoms with Crippen LogP contribution in [-0.2, 0) is 38.8 Å². The van der Waals surface area contributed by atoms with Gasteiger partial charge in [-0.2, -0.15) is 0 Å². The van der Waals surface area contributed by atoms with Gasteiger partial charge in [0.2, 0.25) is 17.1 Å². The highest BCUT2D eigenvalue weighted by molar-refractivity contribution is 6.03. The molecule has 3 aromatic rings.